The molecule has 24 heavy (non-hydrogen) atoms. The van der Waals surface area contributed by atoms with Gasteiger partial charge in [0.15, 0.2) is 0 Å². The summed E-state index contributed by atoms with van der Waals surface area (Å²) < 4.78 is 6.46. The Kier molecular flexibility index (Phi) is 5.96. The first-order valence-electron chi connectivity index (χ1n) is 9.22. The quantitative estimate of drug-likeness (QED) is 0.677. The Morgan fingerprint density at radius 1 is 1.21 bits per heavy atom. The zero-order valence-electron chi connectivity index (χ0n) is 15.6. The smallest absolute Gasteiger partial charge is 0.0925 e. The minimum Gasteiger partial charge on any atom is -0.392 e. The number of aliphatic hydroxyl groups is 3. The second-order valence-electron chi connectivity index (χ2n) is 8.33. The average Bonchev–Trinajstić information content (AvgIpc) is 2.88. The highest BCUT2D eigenvalue weighted by molar-refractivity contribution is 5.16. The Morgan fingerprint density at radius 3 is 2.54 bits per heavy atom. The zero-order valence-corrected chi connectivity index (χ0v) is 15.6. The van der Waals surface area contributed by atoms with Gasteiger partial charge in [0.1, 0.15) is 0 Å². The molecule has 3 N–H and O–H groups in total. The molecule has 0 aromatic rings. The molecule has 1 fully saturated rings. The van der Waals surface area contributed by atoms with Gasteiger partial charge in [-0.1, -0.05) is 32.1 Å². The summed E-state index contributed by atoms with van der Waals surface area (Å²) in [5.41, 5.74) is -1.02. The molecule has 2 aliphatic rings. The molecule has 0 saturated carbocycles. The Hall–Kier alpha value is -0.680. The molecule has 0 aromatic heterocycles. The highest BCUT2D eigenvalue weighted by Gasteiger charge is 2.50. The predicted molar refractivity (Wildman–Crippen MR) is 95.7 cm³/mol. The summed E-state index contributed by atoms with van der Waals surface area (Å²) >= 11 is 0. The van der Waals surface area contributed by atoms with Crippen LogP contribution in [0, 0.1) is 5.92 Å². The number of hydrogen-bond donors (Lipinski definition) is 3. The van der Waals surface area contributed by atoms with Crippen LogP contribution in [0.4, 0.5) is 0 Å². The Bertz CT molecular complexity index is 494. The van der Waals surface area contributed by atoms with Crippen molar-refractivity contribution in [3.8, 4) is 0 Å². The van der Waals surface area contributed by atoms with E-state index in [9.17, 15) is 15.3 Å². The first kappa shape index (κ1) is 19.6. The molecular formula is C20H34O4. The van der Waals surface area contributed by atoms with E-state index < -0.39 is 22.9 Å². The maximum Gasteiger partial charge on any atom is 0.0925 e. The van der Waals surface area contributed by atoms with Gasteiger partial charge in [0.25, 0.3) is 0 Å². The van der Waals surface area contributed by atoms with Crippen LogP contribution in [-0.4, -0.2) is 44.8 Å². The lowest BCUT2D eigenvalue weighted by Crippen LogP contribution is -2.44. The summed E-state index contributed by atoms with van der Waals surface area (Å²) in [5.74, 6) is 0.259. The molecule has 0 aromatic carbocycles. The van der Waals surface area contributed by atoms with Gasteiger partial charge in [-0.05, 0) is 63.9 Å². The molecule has 2 rings (SSSR count). The summed E-state index contributed by atoms with van der Waals surface area (Å²) in [4.78, 5) is 0. The Balaban J connectivity index is 2.34. The van der Waals surface area contributed by atoms with Crippen LogP contribution in [0.15, 0.2) is 23.8 Å². The lowest BCUT2D eigenvalue weighted by molar-refractivity contribution is -0.145. The van der Waals surface area contributed by atoms with Gasteiger partial charge in [-0.15, -0.1) is 0 Å². The molecule has 4 heteroatoms. The van der Waals surface area contributed by atoms with Gasteiger partial charge in [-0.25, -0.2) is 0 Å². The van der Waals surface area contributed by atoms with Crippen molar-refractivity contribution >= 4 is 0 Å². The first-order chi connectivity index (χ1) is 11.1. The molecule has 2 aliphatic heterocycles. The minimum absolute atomic E-state index is 0.00178. The lowest BCUT2D eigenvalue weighted by atomic mass is 9.83. The minimum atomic E-state index is -0.909. The van der Waals surface area contributed by atoms with Crippen LogP contribution in [0.25, 0.3) is 0 Å². The van der Waals surface area contributed by atoms with E-state index in [4.69, 9.17) is 4.74 Å². The van der Waals surface area contributed by atoms with Gasteiger partial charge in [-0.2, -0.15) is 0 Å². The maximum atomic E-state index is 10.7. The van der Waals surface area contributed by atoms with Gasteiger partial charge in [0.05, 0.1) is 29.5 Å². The molecule has 0 radical (unpaired) electrons. The molecule has 1 saturated heterocycles. The number of allylic oxidation sites excluding steroid dienone is 1. The molecule has 2 bridgehead atoms. The van der Waals surface area contributed by atoms with E-state index in [-0.39, 0.29) is 12.5 Å². The number of ether oxygens (including phenoxy) is 1. The van der Waals surface area contributed by atoms with Crippen LogP contribution in [0.2, 0.25) is 0 Å². The molecular weight excluding hydrogens is 304 g/mol. The van der Waals surface area contributed by atoms with Crippen molar-refractivity contribution in [3.05, 3.63) is 23.8 Å². The third kappa shape index (κ3) is 4.29. The molecule has 0 spiro atoms. The highest BCUT2D eigenvalue weighted by Crippen LogP contribution is 2.46. The van der Waals surface area contributed by atoms with Gasteiger partial charge in [0.2, 0.25) is 0 Å². The van der Waals surface area contributed by atoms with Crippen LogP contribution in [-0.2, 0) is 4.74 Å². The average molecular weight is 338 g/mol. The van der Waals surface area contributed by atoms with Crippen molar-refractivity contribution in [2.75, 3.05) is 6.61 Å². The third-order valence-corrected chi connectivity index (χ3v) is 5.87. The van der Waals surface area contributed by atoms with E-state index in [0.717, 1.165) is 18.4 Å². The fourth-order valence-electron chi connectivity index (χ4n) is 3.78. The van der Waals surface area contributed by atoms with E-state index in [0.29, 0.717) is 25.7 Å². The molecule has 0 amide bonds. The normalized spacial score (nSPS) is 45.0. The van der Waals surface area contributed by atoms with Gasteiger partial charge >= 0.3 is 0 Å². The Morgan fingerprint density at radius 2 is 1.92 bits per heavy atom. The van der Waals surface area contributed by atoms with Gasteiger partial charge in [0, 0.05) is 0 Å². The van der Waals surface area contributed by atoms with Crippen molar-refractivity contribution in [1.82, 2.24) is 0 Å². The van der Waals surface area contributed by atoms with Crippen LogP contribution in [0.1, 0.15) is 66.2 Å². The summed E-state index contributed by atoms with van der Waals surface area (Å²) in [6, 6.07) is 0. The molecule has 4 nitrogen and oxygen atoms in total. The zero-order chi connectivity index (χ0) is 18.0. The van der Waals surface area contributed by atoms with E-state index in [1.807, 2.05) is 32.1 Å². The number of rotatable bonds is 2. The van der Waals surface area contributed by atoms with Crippen molar-refractivity contribution in [1.29, 1.82) is 0 Å². The van der Waals surface area contributed by atoms with Crippen molar-refractivity contribution in [2.45, 2.75) is 89.1 Å². The number of hydrogen-bond acceptors (Lipinski definition) is 4. The second-order valence-corrected chi connectivity index (χ2v) is 8.33. The predicted octanol–water partition coefficient (Wildman–Crippen LogP) is 3.11. The number of fused-ring (bicyclic) bond motifs is 2. The lowest BCUT2D eigenvalue weighted by Gasteiger charge is -2.37. The van der Waals surface area contributed by atoms with E-state index in [2.05, 4.69) is 13.8 Å². The summed E-state index contributed by atoms with van der Waals surface area (Å²) in [6.07, 6.45) is 9.47. The SMILES string of the molecule is CC(C)[C@]12/C=C/[C@](C)(O)CC/C=C(\CO)CC[C@H](O)[C@](C)(CC1)O2. The van der Waals surface area contributed by atoms with E-state index >= 15 is 0 Å². The topological polar surface area (TPSA) is 69.9 Å². The number of aliphatic hydroxyl groups excluding tert-OH is 2. The first-order valence-corrected chi connectivity index (χ1v) is 9.22. The molecule has 0 unspecified atom stereocenters. The largest absolute Gasteiger partial charge is 0.392 e. The molecule has 0 aliphatic carbocycles. The highest BCUT2D eigenvalue weighted by atomic mass is 16.5. The summed E-state index contributed by atoms with van der Waals surface area (Å²) in [7, 11) is 0. The van der Waals surface area contributed by atoms with Crippen molar-refractivity contribution < 1.29 is 20.1 Å². The summed E-state index contributed by atoms with van der Waals surface area (Å²) in [5, 5.41) is 30.9. The van der Waals surface area contributed by atoms with Crippen molar-refractivity contribution in [3.63, 3.8) is 0 Å². The Labute approximate surface area is 146 Å². The third-order valence-electron chi connectivity index (χ3n) is 5.87. The molecule has 138 valence electrons. The molecule has 4 atom stereocenters. The van der Waals surface area contributed by atoms with Crippen LogP contribution < -0.4 is 0 Å². The fraction of sp³-hybridized carbons (Fsp3) is 0.800. The van der Waals surface area contributed by atoms with Crippen LogP contribution in [0.5, 0.6) is 0 Å². The standard InChI is InChI=1S/C20H34O4/c1-15(2)20-12-10-18(3,23)9-5-6-16(14-21)7-8-17(22)19(4,24-20)11-13-20/h6,10,12,15,17,21-23H,5,7-9,11,13-14H2,1-4H3/b12-10+,16-6-/t17-,18+,19-,20-/m0/s1. The van der Waals surface area contributed by atoms with E-state index in [1.54, 1.807) is 0 Å². The summed E-state index contributed by atoms with van der Waals surface area (Å²) in [6.45, 7) is 8.04. The van der Waals surface area contributed by atoms with Crippen molar-refractivity contribution in [2.24, 2.45) is 5.92 Å². The van der Waals surface area contributed by atoms with Crippen LogP contribution in [0.3, 0.4) is 0 Å². The second kappa shape index (κ2) is 7.28. The van der Waals surface area contributed by atoms with Gasteiger partial charge < -0.3 is 20.1 Å². The monoisotopic (exact) mass is 338 g/mol. The molecule has 2 heterocycles. The maximum absolute atomic E-state index is 10.7. The fourth-order valence-corrected chi connectivity index (χ4v) is 3.78. The van der Waals surface area contributed by atoms with Gasteiger partial charge in [-0.3, -0.25) is 0 Å². The van der Waals surface area contributed by atoms with Crippen LogP contribution >= 0.6 is 0 Å². The van der Waals surface area contributed by atoms with E-state index in [1.165, 1.54) is 0 Å².